The molecular weight excluding hydrogens is 474 g/mol. The van der Waals surface area contributed by atoms with Gasteiger partial charge in [-0.3, -0.25) is 15.0 Å². The summed E-state index contributed by atoms with van der Waals surface area (Å²) in [4.78, 5) is 16.7. The van der Waals surface area contributed by atoms with Crippen LogP contribution in [-0.4, -0.2) is 66.0 Å². The van der Waals surface area contributed by atoms with Crippen LogP contribution in [0.3, 0.4) is 0 Å². The van der Waals surface area contributed by atoms with Crippen molar-refractivity contribution in [3.05, 3.63) is 63.5 Å². The number of nitro benzene ring substituents is 1. The Morgan fingerprint density at radius 1 is 1.15 bits per heavy atom. The Morgan fingerprint density at radius 2 is 1.85 bits per heavy atom. The zero-order valence-electron chi connectivity index (χ0n) is 17.5. The van der Waals surface area contributed by atoms with Crippen molar-refractivity contribution in [2.45, 2.75) is 11.4 Å². The summed E-state index contributed by atoms with van der Waals surface area (Å²) in [7, 11) is -2.69. The normalized spacial score (nSPS) is 15.5. The van der Waals surface area contributed by atoms with E-state index in [0.717, 1.165) is 11.6 Å². The number of benzene rings is 2. The van der Waals surface area contributed by atoms with Gasteiger partial charge in [0.05, 0.1) is 24.6 Å². The Bertz CT molecular complexity index is 1260. The van der Waals surface area contributed by atoms with Crippen LogP contribution in [-0.2, 0) is 16.6 Å². The lowest BCUT2D eigenvalue weighted by molar-refractivity contribution is -0.387. The molecule has 0 saturated carbocycles. The lowest BCUT2D eigenvalue weighted by atomic mass is 10.2. The molecule has 0 unspecified atom stereocenters. The Hall–Kier alpha value is -3.06. The highest BCUT2D eigenvalue weighted by atomic mass is 35.5. The molecule has 11 nitrogen and oxygen atoms in total. The van der Waals surface area contributed by atoms with E-state index >= 15 is 0 Å². The molecule has 0 amide bonds. The first-order valence-electron chi connectivity index (χ1n) is 9.91. The van der Waals surface area contributed by atoms with Crippen molar-refractivity contribution in [2.75, 3.05) is 33.3 Å². The first kappa shape index (κ1) is 23.1. The Balaban J connectivity index is 1.42. The number of aromatic nitrogens is 2. The van der Waals surface area contributed by atoms with E-state index in [0.29, 0.717) is 36.4 Å². The summed E-state index contributed by atoms with van der Waals surface area (Å²) < 4.78 is 37.7. The van der Waals surface area contributed by atoms with Gasteiger partial charge in [0.1, 0.15) is 5.75 Å². The van der Waals surface area contributed by atoms with Crippen molar-refractivity contribution >= 4 is 27.3 Å². The predicted molar refractivity (Wildman–Crippen MR) is 118 cm³/mol. The van der Waals surface area contributed by atoms with Gasteiger partial charge in [0.15, 0.2) is 4.90 Å². The van der Waals surface area contributed by atoms with Crippen molar-refractivity contribution < 1.29 is 22.6 Å². The van der Waals surface area contributed by atoms with Gasteiger partial charge >= 0.3 is 0 Å². The fourth-order valence-electron chi connectivity index (χ4n) is 3.48. The van der Waals surface area contributed by atoms with E-state index in [1.807, 2.05) is 4.90 Å². The summed E-state index contributed by atoms with van der Waals surface area (Å²) in [5.74, 6) is 1.06. The highest BCUT2D eigenvalue weighted by Gasteiger charge is 2.34. The van der Waals surface area contributed by atoms with Gasteiger partial charge in [-0.1, -0.05) is 16.8 Å². The number of rotatable bonds is 7. The van der Waals surface area contributed by atoms with Crippen LogP contribution >= 0.6 is 11.6 Å². The van der Waals surface area contributed by atoms with E-state index < -0.39 is 20.6 Å². The van der Waals surface area contributed by atoms with E-state index in [9.17, 15) is 18.5 Å². The molecule has 0 N–H and O–H groups in total. The number of nitro groups is 1. The van der Waals surface area contributed by atoms with Crippen LogP contribution in [0.15, 0.2) is 51.9 Å². The SMILES string of the molecule is COc1ccc(S(=O)(=O)N2CCN(Cc3nc(-c4ccc(Cl)cc4)no3)CC2)c([N+](=O)[O-])c1. The Kier molecular flexibility index (Phi) is 6.61. The summed E-state index contributed by atoms with van der Waals surface area (Å²) >= 11 is 5.90. The van der Waals surface area contributed by atoms with Crippen LogP contribution in [0.4, 0.5) is 5.69 Å². The number of piperazine rings is 1. The Labute approximate surface area is 194 Å². The maximum atomic E-state index is 13.1. The summed E-state index contributed by atoms with van der Waals surface area (Å²) in [6.07, 6.45) is 0. The number of methoxy groups -OCH3 is 1. The quantitative estimate of drug-likeness (QED) is 0.360. The molecule has 1 fully saturated rings. The van der Waals surface area contributed by atoms with Crippen molar-refractivity contribution in [2.24, 2.45) is 0 Å². The fraction of sp³-hybridized carbons (Fsp3) is 0.300. The molecule has 0 atom stereocenters. The lowest BCUT2D eigenvalue weighted by Gasteiger charge is -2.33. The standard InChI is InChI=1S/C20H20ClN5O6S/c1-31-16-6-7-18(17(12-16)26(27)28)33(29,30)25-10-8-24(9-11-25)13-19-22-20(23-32-19)14-2-4-15(21)5-3-14/h2-7,12H,8-11,13H2,1H3. The summed E-state index contributed by atoms with van der Waals surface area (Å²) in [6, 6.07) is 10.8. The van der Waals surface area contributed by atoms with Gasteiger partial charge in [0, 0.05) is 36.8 Å². The van der Waals surface area contributed by atoms with Crippen molar-refractivity contribution in [1.82, 2.24) is 19.3 Å². The molecule has 1 saturated heterocycles. The molecule has 0 spiro atoms. The molecule has 1 aliphatic rings. The average Bonchev–Trinajstić information content (AvgIpc) is 3.27. The Morgan fingerprint density at radius 3 is 2.48 bits per heavy atom. The number of ether oxygens (including phenoxy) is 1. The summed E-state index contributed by atoms with van der Waals surface area (Å²) in [5, 5.41) is 16.0. The second-order valence-electron chi connectivity index (χ2n) is 7.29. The molecule has 0 radical (unpaired) electrons. The number of halogens is 1. The monoisotopic (exact) mass is 493 g/mol. The van der Waals surface area contributed by atoms with Crippen LogP contribution in [0.1, 0.15) is 5.89 Å². The second kappa shape index (κ2) is 9.43. The van der Waals surface area contributed by atoms with Crippen LogP contribution in [0, 0.1) is 10.1 Å². The van der Waals surface area contributed by atoms with Crippen molar-refractivity contribution in [1.29, 1.82) is 0 Å². The molecule has 2 aromatic carbocycles. The van der Waals surface area contributed by atoms with Gasteiger partial charge in [0.2, 0.25) is 21.7 Å². The highest BCUT2D eigenvalue weighted by Crippen LogP contribution is 2.31. The van der Waals surface area contributed by atoms with Crippen LogP contribution in [0.5, 0.6) is 5.75 Å². The van der Waals surface area contributed by atoms with Gasteiger partial charge in [0.25, 0.3) is 5.69 Å². The molecular formula is C20H20ClN5O6S. The third kappa shape index (κ3) is 4.98. The molecule has 33 heavy (non-hydrogen) atoms. The van der Waals surface area contributed by atoms with Crippen LogP contribution < -0.4 is 4.74 Å². The van der Waals surface area contributed by atoms with E-state index in [-0.39, 0.29) is 23.7 Å². The zero-order chi connectivity index (χ0) is 23.6. The number of nitrogens with zero attached hydrogens (tertiary/aromatic N) is 5. The first-order valence-corrected chi connectivity index (χ1v) is 11.7. The maximum Gasteiger partial charge on any atom is 0.293 e. The number of sulfonamides is 1. The largest absolute Gasteiger partial charge is 0.497 e. The molecule has 1 aliphatic heterocycles. The van der Waals surface area contributed by atoms with Crippen LogP contribution in [0.2, 0.25) is 5.02 Å². The minimum absolute atomic E-state index is 0.170. The minimum Gasteiger partial charge on any atom is -0.497 e. The third-order valence-electron chi connectivity index (χ3n) is 5.24. The lowest BCUT2D eigenvalue weighted by Crippen LogP contribution is -2.48. The van der Waals surface area contributed by atoms with E-state index in [4.69, 9.17) is 20.9 Å². The average molecular weight is 494 g/mol. The van der Waals surface area contributed by atoms with Crippen molar-refractivity contribution in [3.8, 4) is 17.1 Å². The van der Waals surface area contributed by atoms with E-state index in [2.05, 4.69) is 10.1 Å². The molecule has 4 rings (SSSR count). The predicted octanol–water partition coefficient (Wildman–Crippen LogP) is 2.81. The van der Waals surface area contributed by atoms with Gasteiger partial charge in [-0.2, -0.15) is 9.29 Å². The molecule has 13 heteroatoms. The topological polar surface area (TPSA) is 132 Å². The molecule has 0 aliphatic carbocycles. The van der Waals surface area contributed by atoms with E-state index in [1.165, 1.54) is 23.5 Å². The molecule has 3 aromatic rings. The summed E-state index contributed by atoms with van der Waals surface area (Å²) in [5.41, 5.74) is 0.253. The molecule has 174 valence electrons. The minimum atomic E-state index is -4.05. The van der Waals surface area contributed by atoms with Crippen molar-refractivity contribution in [3.63, 3.8) is 0 Å². The highest BCUT2D eigenvalue weighted by molar-refractivity contribution is 7.89. The zero-order valence-corrected chi connectivity index (χ0v) is 19.1. The van der Waals surface area contributed by atoms with Gasteiger partial charge in [-0.05, 0) is 36.4 Å². The van der Waals surface area contributed by atoms with Crippen LogP contribution in [0.25, 0.3) is 11.4 Å². The van der Waals surface area contributed by atoms with Gasteiger partial charge in [-0.15, -0.1) is 0 Å². The van der Waals surface area contributed by atoms with E-state index in [1.54, 1.807) is 24.3 Å². The molecule has 1 aromatic heterocycles. The van der Waals surface area contributed by atoms with Gasteiger partial charge < -0.3 is 9.26 Å². The first-order chi connectivity index (χ1) is 15.8. The third-order valence-corrected chi connectivity index (χ3v) is 7.44. The summed E-state index contributed by atoms with van der Waals surface area (Å²) in [6.45, 7) is 1.51. The smallest absolute Gasteiger partial charge is 0.293 e. The number of hydrogen-bond acceptors (Lipinski definition) is 9. The number of hydrogen-bond donors (Lipinski definition) is 0. The van der Waals surface area contributed by atoms with Gasteiger partial charge in [-0.25, -0.2) is 8.42 Å². The fourth-order valence-corrected chi connectivity index (χ4v) is 5.16. The molecule has 0 bridgehead atoms. The maximum absolute atomic E-state index is 13.1. The molecule has 2 heterocycles. The second-order valence-corrected chi connectivity index (χ2v) is 9.63.